The summed E-state index contributed by atoms with van der Waals surface area (Å²) in [6.07, 6.45) is 3.77. The van der Waals surface area contributed by atoms with Crippen LogP contribution in [0.2, 0.25) is 0 Å². The van der Waals surface area contributed by atoms with Crippen LogP contribution in [0.5, 0.6) is 0 Å². The molecule has 3 aliphatic rings. The second-order valence-electron chi connectivity index (χ2n) is 9.31. The van der Waals surface area contributed by atoms with Crippen molar-refractivity contribution in [3.63, 3.8) is 0 Å². The van der Waals surface area contributed by atoms with Crippen LogP contribution < -0.4 is 10.2 Å². The number of halogens is 1. The first-order valence-corrected chi connectivity index (χ1v) is 11.1. The van der Waals surface area contributed by atoms with E-state index in [4.69, 9.17) is 4.98 Å². The Bertz CT molecular complexity index is 1230. The zero-order chi connectivity index (χ0) is 22.0. The van der Waals surface area contributed by atoms with Crippen LogP contribution in [-0.4, -0.2) is 27.4 Å². The second kappa shape index (κ2) is 6.82. The van der Waals surface area contributed by atoms with Crippen molar-refractivity contribution in [1.82, 2.24) is 20.3 Å². The molecule has 0 spiro atoms. The second-order valence-corrected chi connectivity index (χ2v) is 9.31. The predicted molar refractivity (Wildman–Crippen MR) is 118 cm³/mol. The number of amides is 1. The van der Waals surface area contributed by atoms with Gasteiger partial charge in [0.1, 0.15) is 17.5 Å². The summed E-state index contributed by atoms with van der Waals surface area (Å²) in [5.74, 6) is 2.45. The Morgan fingerprint density at radius 3 is 2.66 bits per heavy atom. The number of carbonyl (C=O) groups is 1. The molecule has 1 amide bonds. The number of carbonyl (C=O) groups excluding carboxylic acids is 1. The molecule has 1 N–H and O–H groups in total. The molecule has 0 unspecified atom stereocenters. The van der Waals surface area contributed by atoms with Gasteiger partial charge in [-0.25, -0.2) is 14.4 Å². The van der Waals surface area contributed by atoms with E-state index in [1.807, 2.05) is 19.1 Å². The Morgan fingerprint density at radius 2 is 1.94 bits per heavy atom. The van der Waals surface area contributed by atoms with Crippen LogP contribution in [0.4, 0.5) is 15.9 Å². The van der Waals surface area contributed by atoms with Crippen LogP contribution in [0.25, 0.3) is 0 Å². The molecule has 1 aromatic carbocycles. The van der Waals surface area contributed by atoms with Crippen LogP contribution in [0.3, 0.4) is 0 Å². The third-order valence-corrected chi connectivity index (χ3v) is 7.13. The lowest BCUT2D eigenvalue weighted by molar-refractivity contribution is 0.0926. The number of rotatable bonds is 4. The van der Waals surface area contributed by atoms with Crippen molar-refractivity contribution in [2.45, 2.75) is 38.1 Å². The average molecular weight is 429 g/mol. The van der Waals surface area contributed by atoms with Crippen LogP contribution in [0.1, 0.15) is 53.3 Å². The van der Waals surface area contributed by atoms with Gasteiger partial charge < -0.3 is 10.2 Å². The Labute approximate surface area is 185 Å². The summed E-state index contributed by atoms with van der Waals surface area (Å²) in [6.45, 7) is 4.97. The summed E-state index contributed by atoms with van der Waals surface area (Å²) in [7, 11) is 0. The topological polar surface area (TPSA) is 71.0 Å². The highest BCUT2D eigenvalue weighted by Gasteiger charge is 2.56. The lowest BCUT2D eigenvalue weighted by Gasteiger charge is -2.30. The van der Waals surface area contributed by atoms with Crippen LogP contribution in [-0.2, 0) is 5.54 Å². The van der Waals surface area contributed by atoms with Gasteiger partial charge >= 0.3 is 0 Å². The maximum atomic E-state index is 13.3. The Hall–Kier alpha value is -3.35. The van der Waals surface area contributed by atoms with E-state index in [9.17, 15) is 9.18 Å². The minimum atomic E-state index is -0.474. The third kappa shape index (κ3) is 3.06. The SMILES string of the molecule is Cc1nccc(N2C[C@H]3C[C@H]3c3nc([C@]4(NC(=O)c5ccc(F)cc5)C[C@H]4C)ccc32)n1. The monoisotopic (exact) mass is 429 g/mol. The van der Waals surface area contributed by atoms with Gasteiger partial charge in [0, 0.05) is 24.2 Å². The molecule has 0 radical (unpaired) electrons. The molecule has 6 nitrogen and oxygen atoms in total. The van der Waals surface area contributed by atoms with E-state index in [-0.39, 0.29) is 17.6 Å². The summed E-state index contributed by atoms with van der Waals surface area (Å²) in [5.41, 5.74) is 3.09. The Morgan fingerprint density at radius 1 is 1.16 bits per heavy atom. The van der Waals surface area contributed by atoms with Gasteiger partial charge in [-0.15, -0.1) is 0 Å². The molecule has 2 aromatic heterocycles. The van der Waals surface area contributed by atoms with Gasteiger partial charge in [-0.2, -0.15) is 0 Å². The van der Waals surface area contributed by atoms with Crippen LogP contribution in [0.15, 0.2) is 48.7 Å². The molecule has 2 fully saturated rings. The van der Waals surface area contributed by atoms with Gasteiger partial charge in [-0.05, 0) is 74.1 Å². The van der Waals surface area contributed by atoms with Gasteiger partial charge in [-0.3, -0.25) is 9.78 Å². The average Bonchev–Trinajstić information content (AvgIpc) is 3.70. The molecule has 2 saturated carbocycles. The molecule has 162 valence electrons. The summed E-state index contributed by atoms with van der Waals surface area (Å²) < 4.78 is 13.3. The number of nitrogens with zero attached hydrogens (tertiary/aromatic N) is 4. The quantitative estimate of drug-likeness (QED) is 0.672. The minimum Gasteiger partial charge on any atom is -0.341 e. The van der Waals surface area contributed by atoms with Crippen molar-refractivity contribution < 1.29 is 9.18 Å². The number of aromatic nitrogens is 3. The smallest absolute Gasteiger partial charge is 0.252 e. The maximum absolute atomic E-state index is 13.3. The van der Waals surface area contributed by atoms with Crippen molar-refractivity contribution in [3.05, 3.63) is 77.3 Å². The highest BCUT2D eigenvalue weighted by Crippen LogP contribution is 2.57. The lowest BCUT2D eigenvalue weighted by Crippen LogP contribution is -2.37. The molecule has 1 aliphatic heterocycles. The highest BCUT2D eigenvalue weighted by molar-refractivity contribution is 5.95. The number of nitrogens with one attached hydrogen (secondary N) is 1. The number of hydrogen-bond acceptors (Lipinski definition) is 5. The van der Waals surface area contributed by atoms with Crippen molar-refractivity contribution in [2.24, 2.45) is 11.8 Å². The normalized spacial score (nSPS) is 27.3. The van der Waals surface area contributed by atoms with E-state index >= 15 is 0 Å². The van der Waals surface area contributed by atoms with E-state index in [1.54, 1.807) is 6.20 Å². The number of aryl methyl sites for hydroxylation is 1. The fourth-order valence-corrected chi connectivity index (χ4v) is 5.04. The molecule has 3 heterocycles. The summed E-state index contributed by atoms with van der Waals surface area (Å²) in [6, 6.07) is 11.8. The molecular weight excluding hydrogens is 405 g/mol. The predicted octanol–water partition coefficient (Wildman–Crippen LogP) is 4.24. The Kier molecular flexibility index (Phi) is 4.12. The number of pyridine rings is 1. The molecule has 2 aliphatic carbocycles. The number of benzene rings is 1. The maximum Gasteiger partial charge on any atom is 0.252 e. The highest BCUT2D eigenvalue weighted by atomic mass is 19.1. The van der Waals surface area contributed by atoms with Crippen LogP contribution in [0, 0.1) is 24.6 Å². The van der Waals surface area contributed by atoms with E-state index in [0.717, 1.165) is 48.1 Å². The third-order valence-electron chi connectivity index (χ3n) is 7.13. The number of hydrogen-bond donors (Lipinski definition) is 1. The first kappa shape index (κ1) is 19.3. The van der Waals surface area contributed by atoms with E-state index in [1.165, 1.54) is 24.3 Å². The van der Waals surface area contributed by atoms with Gasteiger partial charge in [-0.1, -0.05) is 6.92 Å². The van der Waals surface area contributed by atoms with Gasteiger partial charge in [0.2, 0.25) is 0 Å². The molecule has 32 heavy (non-hydrogen) atoms. The number of anilines is 2. The molecule has 4 atom stereocenters. The standard InChI is InChI=1S/C25H24FN5O/c1-14-12-25(14,30-24(32)16-3-5-18(26)6-4-16)21-8-7-20-23(29-21)19-11-17(19)13-31(20)22-9-10-27-15(2)28-22/h3-10,14,17,19H,11-13H2,1-2H3,(H,30,32)/t14-,17-,19-,25+/m1/s1. The van der Waals surface area contributed by atoms with Gasteiger partial charge in [0.25, 0.3) is 5.91 Å². The molecule has 7 heteroatoms. The summed E-state index contributed by atoms with van der Waals surface area (Å²) in [5, 5.41) is 3.20. The molecule has 6 rings (SSSR count). The van der Waals surface area contributed by atoms with E-state index < -0.39 is 5.54 Å². The van der Waals surface area contributed by atoms with Crippen LogP contribution >= 0.6 is 0 Å². The summed E-state index contributed by atoms with van der Waals surface area (Å²) in [4.78, 5) is 29.1. The minimum absolute atomic E-state index is 0.198. The first-order valence-electron chi connectivity index (χ1n) is 11.1. The molecule has 0 saturated heterocycles. The molecule has 0 bridgehead atoms. The van der Waals surface area contributed by atoms with Crippen molar-refractivity contribution in [2.75, 3.05) is 11.4 Å². The zero-order valence-electron chi connectivity index (χ0n) is 18.0. The van der Waals surface area contributed by atoms with E-state index in [0.29, 0.717) is 17.4 Å². The fraction of sp³-hybridized carbons (Fsp3) is 0.360. The van der Waals surface area contributed by atoms with Gasteiger partial charge in [0.05, 0.1) is 22.6 Å². The Balaban J connectivity index is 1.33. The van der Waals surface area contributed by atoms with Crippen molar-refractivity contribution in [3.8, 4) is 0 Å². The number of fused-ring (bicyclic) bond motifs is 3. The zero-order valence-corrected chi connectivity index (χ0v) is 18.0. The molecular formula is C25H24FN5O. The molecule has 3 aromatic rings. The van der Waals surface area contributed by atoms with E-state index in [2.05, 4.69) is 33.2 Å². The van der Waals surface area contributed by atoms with Crippen molar-refractivity contribution in [1.29, 1.82) is 0 Å². The first-order chi connectivity index (χ1) is 15.4. The van der Waals surface area contributed by atoms with Gasteiger partial charge in [0.15, 0.2) is 0 Å². The van der Waals surface area contributed by atoms with Crippen molar-refractivity contribution >= 4 is 17.4 Å². The lowest BCUT2D eigenvalue weighted by atomic mass is 10.0. The largest absolute Gasteiger partial charge is 0.341 e. The summed E-state index contributed by atoms with van der Waals surface area (Å²) >= 11 is 0. The fourth-order valence-electron chi connectivity index (χ4n) is 5.04.